The zero-order valence-corrected chi connectivity index (χ0v) is 20.7. The lowest BCUT2D eigenvalue weighted by Crippen LogP contribution is -2.44. The lowest BCUT2D eigenvalue weighted by Gasteiger charge is -2.32. The van der Waals surface area contributed by atoms with E-state index in [0.717, 1.165) is 25.7 Å². The minimum absolute atomic E-state index is 0.0164. The summed E-state index contributed by atoms with van der Waals surface area (Å²) in [5.41, 5.74) is 1.01. The SMILES string of the molecule is COC[C@@](CO)(OC[C@H]1O[C@@H](c2ccc3c(NC4CCCC4)nc(Cl)nn23)[C@H](O)[C@@H]1O)P(=O)(O)O. The third-order valence-electron chi connectivity index (χ3n) is 6.53. The van der Waals surface area contributed by atoms with Crippen LogP contribution < -0.4 is 5.32 Å². The molecule has 2 aromatic heterocycles. The molecule has 6 N–H and O–H groups in total. The van der Waals surface area contributed by atoms with E-state index in [9.17, 15) is 29.7 Å². The second-order valence-corrected chi connectivity index (χ2v) is 11.1. The lowest BCUT2D eigenvalue weighted by atomic mass is 10.1. The molecule has 0 spiro atoms. The summed E-state index contributed by atoms with van der Waals surface area (Å²) in [5.74, 6) is 0.546. The van der Waals surface area contributed by atoms with Crippen LogP contribution >= 0.6 is 19.2 Å². The standard InChI is InChI=1S/C20H30ClN4O9P/c1-32-10-20(9-26,35(29,30)31)33-8-14-15(27)16(28)17(34-14)12-6-7-13-18(22-11-4-2-3-5-11)23-19(21)24-25(12)13/h6-7,11,14-17,26-28H,2-5,8-10H2,1H3,(H,22,23,24)(H2,29,30,31)/t14-,15-,16-,17+,20+/m1/s1. The van der Waals surface area contributed by atoms with Crippen LogP contribution in [0.25, 0.3) is 5.52 Å². The van der Waals surface area contributed by atoms with Crippen LogP contribution in [0.4, 0.5) is 5.82 Å². The van der Waals surface area contributed by atoms with E-state index in [1.165, 1.54) is 11.6 Å². The summed E-state index contributed by atoms with van der Waals surface area (Å²) in [5, 5.41) is 36.2. The number of halogens is 1. The van der Waals surface area contributed by atoms with Crippen molar-refractivity contribution in [1.82, 2.24) is 14.6 Å². The number of aromatic nitrogens is 3. The van der Waals surface area contributed by atoms with Crippen LogP contribution in [-0.4, -0.2) is 96.3 Å². The molecule has 0 amide bonds. The second kappa shape index (κ2) is 10.5. The van der Waals surface area contributed by atoms with Crippen molar-refractivity contribution in [1.29, 1.82) is 0 Å². The van der Waals surface area contributed by atoms with Gasteiger partial charge in [-0.25, -0.2) is 4.52 Å². The van der Waals surface area contributed by atoms with Gasteiger partial charge in [0.25, 0.3) is 0 Å². The maximum absolute atomic E-state index is 12.0. The number of methoxy groups -OCH3 is 1. The van der Waals surface area contributed by atoms with Crippen molar-refractivity contribution in [3.8, 4) is 0 Å². The average molecular weight is 537 g/mol. The van der Waals surface area contributed by atoms with Gasteiger partial charge in [-0.3, -0.25) is 4.57 Å². The molecule has 15 heteroatoms. The summed E-state index contributed by atoms with van der Waals surface area (Å²) in [4.78, 5) is 23.7. The minimum atomic E-state index is -4.97. The number of aliphatic hydroxyl groups is 3. The highest BCUT2D eigenvalue weighted by atomic mass is 35.5. The number of nitrogens with one attached hydrogen (secondary N) is 1. The van der Waals surface area contributed by atoms with Crippen LogP contribution in [0.15, 0.2) is 12.1 Å². The Kier molecular flexibility index (Phi) is 8.04. The van der Waals surface area contributed by atoms with Crippen LogP contribution in [0.2, 0.25) is 5.28 Å². The van der Waals surface area contributed by atoms with Gasteiger partial charge in [0.2, 0.25) is 10.6 Å². The van der Waals surface area contributed by atoms with Gasteiger partial charge in [-0.1, -0.05) is 12.8 Å². The van der Waals surface area contributed by atoms with Gasteiger partial charge in [0, 0.05) is 13.2 Å². The molecule has 0 radical (unpaired) electrons. The highest BCUT2D eigenvalue weighted by Gasteiger charge is 2.51. The van der Waals surface area contributed by atoms with E-state index in [1.807, 2.05) is 0 Å². The Balaban J connectivity index is 1.56. The molecule has 0 unspecified atom stereocenters. The molecule has 0 aromatic carbocycles. The lowest BCUT2D eigenvalue weighted by molar-refractivity contribution is -0.119. The number of hydrogen-bond donors (Lipinski definition) is 6. The van der Waals surface area contributed by atoms with Gasteiger partial charge in [0.1, 0.15) is 29.9 Å². The van der Waals surface area contributed by atoms with Crippen molar-refractivity contribution < 1.29 is 43.9 Å². The normalized spacial score (nSPS) is 27.5. The minimum Gasteiger partial charge on any atom is -0.393 e. The summed E-state index contributed by atoms with van der Waals surface area (Å²) in [6, 6.07) is 3.69. The quantitative estimate of drug-likeness (QED) is 0.230. The largest absolute Gasteiger partial charge is 0.393 e. The Bertz CT molecular complexity index is 1080. The molecule has 35 heavy (non-hydrogen) atoms. The number of ether oxygens (including phenoxy) is 3. The smallest absolute Gasteiger partial charge is 0.361 e. The monoisotopic (exact) mass is 536 g/mol. The van der Waals surface area contributed by atoms with E-state index in [1.54, 1.807) is 12.1 Å². The Morgan fingerprint density at radius 3 is 2.63 bits per heavy atom. The first kappa shape index (κ1) is 26.7. The Morgan fingerprint density at radius 2 is 2.00 bits per heavy atom. The van der Waals surface area contributed by atoms with Crippen LogP contribution in [-0.2, 0) is 18.8 Å². The number of aliphatic hydroxyl groups excluding tert-OH is 3. The molecule has 1 aliphatic carbocycles. The van der Waals surface area contributed by atoms with Crippen LogP contribution in [0.5, 0.6) is 0 Å². The average Bonchev–Trinajstić information content (AvgIpc) is 3.52. The maximum Gasteiger partial charge on any atom is 0.361 e. The van der Waals surface area contributed by atoms with Gasteiger partial charge >= 0.3 is 7.60 Å². The van der Waals surface area contributed by atoms with E-state index >= 15 is 0 Å². The Morgan fingerprint density at radius 1 is 1.29 bits per heavy atom. The van der Waals surface area contributed by atoms with Crippen molar-refractivity contribution in [2.75, 3.05) is 32.2 Å². The van der Waals surface area contributed by atoms with Gasteiger partial charge < -0.3 is 44.6 Å². The molecule has 196 valence electrons. The molecule has 3 heterocycles. The summed E-state index contributed by atoms with van der Waals surface area (Å²) >= 11 is 6.16. The topological polar surface area (TPSA) is 188 Å². The Hall–Kier alpha value is -1.38. The summed E-state index contributed by atoms with van der Waals surface area (Å²) in [7, 11) is -3.78. The molecule has 4 rings (SSSR count). The molecule has 1 saturated heterocycles. The molecule has 0 bridgehead atoms. The van der Waals surface area contributed by atoms with Gasteiger partial charge in [-0.15, -0.1) is 5.10 Å². The first-order valence-corrected chi connectivity index (χ1v) is 13.2. The van der Waals surface area contributed by atoms with Crippen LogP contribution in [0, 0.1) is 0 Å². The molecule has 2 aliphatic rings. The molecule has 1 aliphatic heterocycles. The Labute approximate surface area is 206 Å². The predicted molar refractivity (Wildman–Crippen MR) is 123 cm³/mol. The fraction of sp³-hybridized carbons (Fsp3) is 0.700. The zero-order valence-electron chi connectivity index (χ0n) is 19.0. The van der Waals surface area contributed by atoms with Gasteiger partial charge in [0.05, 0.1) is 25.5 Å². The van der Waals surface area contributed by atoms with Gasteiger partial charge in [-0.2, -0.15) is 4.98 Å². The molecular weight excluding hydrogens is 507 g/mol. The van der Waals surface area contributed by atoms with E-state index < -0.39 is 57.2 Å². The van der Waals surface area contributed by atoms with Crippen molar-refractivity contribution in [2.45, 2.75) is 61.5 Å². The van der Waals surface area contributed by atoms with E-state index in [2.05, 4.69) is 15.4 Å². The summed E-state index contributed by atoms with van der Waals surface area (Å²) < 4.78 is 29.4. The molecule has 5 atom stereocenters. The third-order valence-corrected chi connectivity index (χ3v) is 8.15. The van der Waals surface area contributed by atoms with Gasteiger partial charge in [-0.05, 0) is 36.6 Å². The second-order valence-electron chi connectivity index (χ2n) is 8.88. The third kappa shape index (κ3) is 5.21. The molecular formula is C20H30ClN4O9P. The number of anilines is 1. The molecule has 2 aromatic rings. The van der Waals surface area contributed by atoms with E-state index in [-0.39, 0.29) is 11.3 Å². The van der Waals surface area contributed by atoms with Gasteiger partial charge in [0.15, 0.2) is 5.82 Å². The highest BCUT2D eigenvalue weighted by Crippen LogP contribution is 2.51. The number of nitrogens with zero attached hydrogens (tertiary/aromatic N) is 3. The van der Waals surface area contributed by atoms with Crippen molar-refractivity contribution in [3.63, 3.8) is 0 Å². The first-order chi connectivity index (χ1) is 16.6. The number of hydrogen-bond acceptors (Lipinski definition) is 10. The van der Waals surface area contributed by atoms with Crippen molar-refractivity contribution in [2.24, 2.45) is 0 Å². The number of rotatable bonds is 10. The van der Waals surface area contributed by atoms with Crippen LogP contribution in [0.3, 0.4) is 0 Å². The fourth-order valence-corrected chi connectivity index (χ4v) is 5.45. The summed E-state index contributed by atoms with van der Waals surface area (Å²) in [6.45, 7) is -2.16. The molecule has 13 nitrogen and oxygen atoms in total. The fourth-order valence-electron chi connectivity index (χ4n) is 4.56. The highest BCUT2D eigenvalue weighted by molar-refractivity contribution is 7.53. The maximum atomic E-state index is 12.0. The van der Waals surface area contributed by atoms with E-state index in [4.69, 9.17) is 25.8 Å². The zero-order chi connectivity index (χ0) is 25.4. The molecule has 2 fully saturated rings. The van der Waals surface area contributed by atoms with Crippen molar-refractivity contribution >= 4 is 30.5 Å². The molecule has 1 saturated carbocycles. The van der Waals surface area contributed by atoms with Crippen molar-refractivity contribution in [3.05, 3.63) is 23.1 Å². The first-order valence-electron chi connectivity index (χ1n) is 11.2. The van der Waals surface area contributed by atoms with Crippen LogP contribution in [0.1, 0.15) is 37.5 Å². The number of fused-ring (bicyclic) bond motifs is 1. The van der Waals surface area contributed by atoms with E-state index in [0.29, 0.717) is 17.0 Å². The summed E-state index contributed by atoms with van der Waals surface area (Å²) in [6.07, 6.45) is -0.758. The predicted octanol–water partition coefficient (Wildman–Crippen LogP) is 0.428.